The molecule has 3 aromatic rings. The summed E-state index contributed by atoms with van der Waals surface area (Å²) in [6.45, 7) is 0. The quantitative estimate of drug-likeness (QED) is 0.806. The highest BCUT2D eigenvalue weighted by Gasteiger charge is 2.09. The van der Waals surface area contributed by atoms with Crippen LogP contribution in [0.3, 0.4) is 0 Å². The van der Waals surface area contributed by atoms with E-state index in [9.17, 15) is 13.2 Å². The van der Waals surface area contributed by atoms with E-state index >= 15 is 0 Å². The molecule has 0 aliphatic carbocycles. The van der Waals surface area contributed by atoms with Crippen molar-refractivity contribution in [1.82, 2.24) is 3.96 Å². The number of nitrogens with zero attached hydrogens (tertiary/aromatic N) is 1. The minimum absolute atomic E-state index is 0.105. The molecule has 0 spiro atoms. The average molecular weight is 320 g/mol. The number of nitrogens with one attached hydrogen (secondary N) is 1. The second-order valence-corrected chi connectivity index (χ2v) is 7.35. The van der Waals surface area contributed by atoms with Crippen LogP contribution in [0.5, 0.6) is 0 Å². The highest BCUT2D eigenvalue weighted by Crippen LogP contribution is 2.21. The van der Waals surface area contributed by atoms with Crippen molar-refractivity contribution >= 4 is 37.3 Å². The van der Waals surface area contributed by atoms with E-state index in [1.165, 1.54) is 11.5 Å². The fourth-order valence-corrected chi connectivity index (χ4v) is 3.60. The number of hydrogen-bond acceptors (Lipinski definition) is 4. The zero-order valence-corrected chi connectivity index (χ0v) is 12.7. The minimum atomic E-state index is -3.34. The summed E-state index contributed by atoms with van der Waals surface area (Å²) in [7, 11) is -3.34. The van der Waals surface area contributed by atoms with Crippen LogP contribution in [0.25, 0.3) is 15.8 Å². The van der Waals surface area contributed by atoms with Crippen LogP contribution in [0.2, 0.25) is 0 Å². The van der Waals surface area contributed by atoms with Crippen molar-refractivity contribution in [3.8, 4) is 5.69 Å². The van der Waals surface area contributed by atoms with E-state index in [-0.39, 0.29) is 5.56 Å². The Morgan fingerprint density at radius 1 is 1.10 bits per heavy atom. The summed E-state index contributed by atoms with van der Waals surface area (Å²) >= 11 is 1.33. The molecule has 3 rings (SSSR count). The van der Waals surface area contributed by atoms with Gasteiger partial charge in [0.15, 0.2) is 0 Å². The predicted molar refractivity (Wildman–Crippen MR) is 85.9 cm³/mol. The third kappa shape index (κ3) is 2.84. The van der Waals surface area contributed by atoms with Gasteiger partial charge < -0.3 is 0 Å². The van der Waals surface area contributed by atoms with Gasteiger partial charge in [-0.15, -0.1) is 0 Å². The maximum absolute atomic E-state index is 12.4. The molecule has 0 fully saturated rings. The molecule has 0 saturated carbocycles. The maximum atomic E-state index is 12.4. The molecule has 0 aliphatic rings. The maximum Gasteiger partial charge on any atom is 0.273 e. The van der Waals surface area contributed by atoms with Crippen LogP contribution >= 0.6 is 11.5 Å². The Labute approximate surface area is 125 Å². The molecule has 7 heteroatoms. The lowest BCUT2D eigenvalue weighted by atomic mass is 10.2. The van der Waals surface area contributed by atoms with Gasteiger partial charge in [-0.05, 0) is 30.3 Å². The first-order chi connectivity index (χ1) is 9.94. The molecule has 21 heavy (non-hydrogen) atoms. The van der Waals surface area contributed by atoms with Gasteiger partial charge in [0, 0.05) is 0 Å². The van der Waals surface area contributed by atoms with Crippen LogP contribution < -0.4 is 10.3 Å². The van der Waals surface area contributed by atoms with Crippen LogP contribution in [0.15, 0.2) is 53.3 Å². The van der Waals surface area contributed by atoms with E-state index in [0.29, 0.717) is 16.8 Å². The van der Waals surface area contributed by atoms with Crippen LogP contribution in [0.4, 0.5) is 5.69 Å². The number of hydrogen-bond donors (Lipinski definition) is 1. The molecule has 0 atom stereocenters. The van der Waals surface area contributed by atoms with Gasteiger partial charge in [0.25, 0.3) is 5.56 Å². The molecule has 0 radical (unpaired) electrons. The van der Waals surface area contributed by atoms with E-state index in [1.807, 2.05) is 18.2 Å². The zero-order chi connectivity index (χ0) is 15.0. The molecule has 1 N–H and O–H groups in total. The smallest absolute Gasteiger partial charge is 0.273 e. The molecule has 0 amide bonds. The van der Waals surface area contributed by atoms with Crippen molar-refractivity contribution in [2.75, 3.05) is 11.0 Å². The molecule has 0 unspecified atom stereocenters. The lowest BCUT2D eigenvalue weighted by molar-refractivity contribution is 0.607. The van der Waals surface area contributed by atoms with Crippen molar-refractivity contribution < 1.29 is 8.42 Å². The van der Waals surface area contributed by atoms with Crippen molar-refractivity contribution in [3.63, 3.8) is 0 Å². The third-order valence-corrected chi connectivity index (χ3v) is 4.59. The van der Waals surface area contributed by atoms with Crippen molar-refractivity contribution in [2.24, 2.45) is 0 Å². The molecular formula is C14H12N2O3S2. The predicted octanol–water partition coefficient (Wildman–Crippen LogP) is 2.42. The molecule has 108 valence electrons. The largest absolute Gasteiger partial charge is 0.284 e. The second kappa shape index (κ2) is 5.01. The first kappa shape index (κ1) is 13.8. The van der Waals surface area contributed by atoms with Gasteiger partial charge in [0.05, 0.1) is 27.7 Å². The highest BCUT2D eigenvalue weighted by molar-refractivity contribution is 7.92. The second-order valence-electron chi connectivity index (χ2n) is 4.61. The Balaban J connectivity index is 2.13. The fourth-order valence-electron chi connectivity index (χ4n) is 2.05. The topological polar surface area (TPSA) is 68.2 Å². The van der Waals surface area contributed by atoms with Gasteiger partial charge in [-0.3, -0.25) is 9.52 Å². The summed E-state index contributed by atoms with van der Waals surface area (Å²) in [5.74, 6) is 0. The normalized spacial score (nSPS) is 11.7. The van der Waals surface area contributed by atoms with Crippen molar-refractivity contribution in [2.45, 2.75) is 0 Å². The van der Waals surface area contributed by atoms with Gasteiger partial charge in [-0.1, -0.05) is 29.7 Å². The minimum Gasteiger partial charge on any atom is -0.284 e. The van der Waals surface area contributed by atoms with E-state index in [0.717, 1.165) is 11.0 Å². The van der Waals surface area contributed by atoms with E-state index in [2.05, 4.69) is 4.72 Å². The van der Waals surface area contributed by atoms with Crippen molar-refractivity contribution in [3.05, 3.63) is 58.9 Å². The Morgan fingerprint density at radius 2 is 1.86 bits per heavy atom. The summed E-state index contributed by atoms with van der Waals surface area (Å²) in [5, 5.41) is 0.656. The Morgan fingerprint density at radius 3 is 2.57 bits per heavy atom. The fraction of sp³-hybridized carbons (Fsp3) is 0.0714. The number of aromatic nitrogens is 1. The first-order valence-electron chi connectivity index (χ1n) is 6.13. The summed E-state index contributed by atoms with van der Waals surface area (Å²) in [6, 6.07) is 14.1. The molecule has 1 heterocycles. The van der Waals surface area contributed by atoms with Crippen LogP contribution in [-0.4, -0.2) is 18.6 Å². The summed E-state index contributed by atoms with van der Waals surface area (Å²) in [5.41, 5.74) is 0.960. The van der Waals surface area contributed by atoms with E-state index in [1.54, 1.807) is 34.3 Å². The summed E-state index contributed by atoms with van der Waals surface area (Å²) in [4.78, 5) is 12.4. The Bertz CT molecular complexity index is 971. The van der Waals surface area contributed by atoms with Gasteiger partial charge in [0.2, 0.25) is 10.0 Å². The SMILES string of the molecule is CS(=O)(=O)Nc1cccc(-n2sc3ccccc3c2=O)c1. The number of fused-ring (bicyclic) bond motifs is 1. The van der Waals surface area contributed by atoms with Crippen LogP contribution in [0, 0.1) is 0 Å². The zero-order valence-electron chi connectivity index (χ0n) is 11.1. The van der Waals surface area contributed by atoms with E-state index in [4.69, 9.17) is 0 Å². The number of anilines is 1. The van der Waals surface area contributed by atoms with Gasteiger partial charge in [0.1, 0.15) is 0 Å². The summed E-state index contributed by atoms with van der Waals surface area (Å²) < 4.78 is 27.4. The average Bonchev–Trinajstić information content (AvgIpc) is 2.75. The molecule has 0 bridgehead atoms. The molecule has 0 aliphatic heterocycles. The standard InChI is InChI=1S/C14H12N2O3S2/c1-21(18,19)15-10-5-4-6-11(9-10)16-14(17)12-7-2-3-8-13(12)20-16/h2-9,15H,1H3. The molecule has 1 aromatic heterocycles. The van der Waals surface area contributed by atoms with Gasteiger partial charge >= 0.3 is 0 Å². The number of sulfonamides is 1. The number of benzene rings is 2. The van der Waals surface area contributed by atoms with Crippen molar-refractivity contribution in [1.29, 1.82) is 0 Å². The summed E-state index contributed by atoms with van der Waals surface area (Å²) in [6.07, 6.45) is 1.09. The van der Waals surface area contributed by atoms with Crippen LogP contribution in [0.1, 0.15) is 0 Å². The molecule has 5 nitrogen and oxygen atoms in total. The van der Waals surface area contributed by atoms with Gasteiger partial charge in [-0.2, -0.15) is 0 Å². The van der Waals surface area contributed by atoms with Crippen LogP contribution in [-0.2, 0) is 10.0 Å². The molecule has 2 aromatic carbocycles. The third-order valence-electron chi connectivity index (χ3n) is 2.88. The van der Waals surface area contributed by atoms with Gasteiger partial charge in [-0.25, -0.2) is 12.4 Å². The first-order valence-corrected chi connectivity index (χ1v) is 8.80. The molecular weight excluding hydrogens is 308 g/mol. The monoisotopic (exact) mass is 320 g/mol. The Hall–Kier alpha value is -2.12. The number of rotatable bonds is 3. The highest BCUT2D eigenvalue weighted by atomic mass is 32.2. The van der Waals surface area contributed by atoms with E-state index < -0.39 is 10.0 Å². The molecule has 0 saturated heterocycles. The Kier molecular flexibility index (Phi) is 3.30. The lowest BCUT2D eigenvalue weighted by Crippen LogP contribution is -2.12. The lowest BCUT2D eigenvalue weighted by Gasteiger charge is -2.06.